The van der Waals surface area contributed by atoms with Crippen molar-refractivity contribution in [3.8, 4) is 33.4 Å². The number of hydrogen-bond acceptors (Lipinski definition) is 10. The van der Waals surface area contributed by atoms with Gasteiger partial charge in [0, 0.05) is 48.0 Å². The van der Waals surface area contributed by atoms with Gasteiger partial charge in [-0.1, -0.05) is 102 Å². The molecular weight excluding hydrogens is 973 g/mol. The van der Waals surface area contributed by atoms with Gasteiger partial charge in [0.25, 0.3) is 11.8 Å². The molecule has 2 amide bonds. The van der Waals surface area contributed by atoms with Crippen LogP contribution in [0, 0.1) is 34.6 Å². The summed E-state index contributed by atoms with van der Waals surface area (Å²) in [6, 6.07) is 45.2. The van der Waals surface area contributed by atoms with Crippen LogP contribution in [-0.2, 0) is 22.6 Å². The summed E-state index contributed by atoms with van der Waals surface area (Å²) in [7, 11) is 0. The summed E-state index contributed by atoms with van der Waals surface area (Å²) in [6.07, 6.45) is 3.45. The van der Waals surface area contributed by atoms with Crippen LogP contribution in [0.1, 0.15) is 115 Å². The number of benzene rings is 6. The average Bonchev–Trinajstić information content (AvgIpc) is 3.43. The Bertz CT molecular complexity index is 3370. The lowest BCUT2D eigenvalue weighted by Gasteiger charge is -2.11. The number of carboxylic acid groups (broad SMARTS) is 2. The van der Waals surface area contributed by atoms with E-state index in [1.165, 1.54) is 12.1 Å². The Morgan fingerprint density at radius 3 is 0.987 bits per heavy atom. The molecule has 8 rings (SSSR count). The number of ether oxygens (including phenoxy) is 2. The lowest BCUT2D eigenvalue weighted by Crippen LogP contribution is -2.23. The lowest BCUT2D eigenvalue weighted by atomic mass is 9.98. The second-order valence-electron chi connectivity index (χ2n) is 18.0. The topological polar surface area (TPSA) is 211 Å². The van der Waals surface area contributed by atoms with Crippen LogP contribution in [0.5, 0.6) is 0 Å². The normalized spacial score (nSPS) is 10.4. The van der Waals surface area contributed by atoms with Crippen molar-refractivity contribution in [1.29, 1.82) is 0 Å². The number of nitrogens with one attached hydrogen (secondary N) is 2. The maximum Gasteiger partial charge on any atom is 0.338 e. The molecule has 0 spiro atoms. The Labute approximate surface area is 447 Å². The van der Waals surface area contributed by atoms with Crippen LogP contribution in [0.3, 0.4) is 0 Å². The third kappa shape index (κ3) is 16.7. The minimum Gasteiger partial charge on any atom is -0.478 e. The van der Waals surface area contributed by atoms with Gasteiger partial charge in [0.1, 0.15) is 0 Å². The summed E-state index contributed by atoms with van der Waals surface area (Å²) in [6.45, 7) is 14.4. The molecule has 0 atom stereocenters. The molecule has 0 aliphatic heterocycles. The Balaban J connectivity index is 0.000000190. The van der Waals surface area contributed by atoms with Gasteiger partial charge in [0.2, 0.25) is 0 Å². The largest absolute Gasteiger partial charge is 0.478 e. The summed E-state index contributed by atoms with van der Waals surface area (Å²) in [5, 5.41) is 24.3. The van der Waals surface area contributed by atoms with Gasteiger partial charge in [-0.05, 0) is 160 Å². The third-order valence-corrected chi connectivity index (χ3v) is 11.8. The lowest BCUT2D eigenvalue weighted by molar-refractivity contribution is 0.0516. The van der Waals surface area contributed by atoms with E-state index in [1.807, 2.05) is 132 Å². The van der Waals surface area contributed by atoms with Crippen LogP contribution in [0.2, 0.25) is 0 Å². The van der Waals surface area contributed by atoms with Crippen molar-refractivity contribution in [2.24, 2.45) is 0 Å². The van der Waals surface area contributed by atoms with Gasteiger partial charge in [0.05, 0.1) is 35.5 Å². The molecule has 6 aromatic carbocycles. The van der Waals surface area contributed by atoms with Crippen molar-refractivity contribution in [2.75, 3.05) is 13.2 Å². The number of pyridine rings is 2. The van der Waals surface area contributed by atoms with E-state index >= 15 is 0 Å². The molecule has 4 N–H and O–H groups in total. The Hall–Kier alpha value is -9.56. The SMILES string of the molecule is CCOC(=O)c1cc(C(=O)NCc2ccc(C)nc2)cc(-c2ccc(C)cc2)c1.CCOC(=O)c1cc(C(=O)O)cc(-c2ccc(C)cc2)c1.Cc1ccc(-c2cc(C(=O)O)cc(C(=O)NCc3ccc(C)nc3)c2)cc1. The zero-order chi connectivity index (χ0) is 55.6. The van der Waals surface area contributed by atoms with E-state index in [1.54, 1.807) is 68.7 Å². The van der Waals surface area contributed by atoms with Crippen molar-refractivity contribution in [2.45, 2.75) is 61.6 Å². The number of aromatic nitrogens is 2. The molecule has 0 bridgehead atoms. The minimum atomic E-state index is -1.07. The van der Waals surface area contributed by atoms with E-state index in [9.17, 15) is 39.0 Å². The van der Waals surface area contributed by atoms with E-state index in [-0.39, 0.29) is 41.7 Å². The van der Waals surface area contributed by atoms with Gasteiger partial charge >= 0.3 is 23.9 Å². The van der Waals surface area contributed by atoms with E-state index in [0.29, 0.717) is 40.9 Å². The molecule has 0 saturated carbocycles. The molecule has 0 radical (unpaired) electrons. The number of aryl methyl sites for hydroxylation is 5. The molecule has 0 aliphatic rings. The van der Waals surface area contributed by atoms with Gasteiger partial charge in [-0.25, -0.2) is 19.2 Å². The first-order valence-corrected chi connectivity index (χ1v) is 24.8. The predicted molar refractivity (Wildman–Crippen MR) is 296 cm³/mol. The molecule has 14 heteroatoms. The minimum absolute atomic E-state index is 0.0659. The first-order chi connectivity index (χ1) is 36.9. The van der Waals surface area contributed by atoms with Crippen LogP contribution < -0.4 is 10.6 Å². The molecule has 0 aliphatic carbocycles. The number of nitrogens with zero attached hydrogens (tertiary/aromatic N) is 2. The van der Waals surface area contributed by atoms with Crippen molar-refractivity contribution < 1.29 is 48.5 Å². The number of amides is 2. The van der Waals surface area contributed by atoms with E-state index in [2.05, 4.69) is 20.6 Å². The molecule has 0 unspecified atom stereocenters. The van der Waals surface area contributed by atoms with Crippen molar-refractivity contribution in [3.05, 3.63) is 237 Å². The molecule has 0 fully saturated rings. The highest BCUT2D eigenvalue weighted by Crippen LogP contribution is 2.27. The van der Waals surface area contributed by atoms with Crippen molar-refractivity contribution in [3.63, 3.8) is 0 Å². The number of aromatic carboxylic acids is 2. The highest BCUT2D eigenvalue weighted by Gasteiger charge is 2.17. The molecule has 77 heavy (non-hydrogen) atoms. The quantitative estimate of drug-likeness (QED) is 0.0707. The Morgan fingerprint density at radius 1 is 0.390 bits per heavy atom. The number of carbonyl (C=O) groups excluding carboxylic acids is 4. The summed E-state index contributed by atoms with van der Waals surface area (Å²) < 4.78 is 10.1. The van der Waals surface area contributed by atoms with E-state index in [4.69, 9.17) is 9.47 Å². The van der Waals surface area contributed by atoms with Crippen LogP contribution in [-0.4, -0.2) is 69.1 Å². The van der Waals surface area contributed by atoms with Gasteiger partial charge < -0.3 is 30.3 Å². The Kier molecular flexibility index (Phi) is 20.0. The highest BCUT2D eigenvalue weighted by molar-refractivity contribution is 6.01. The Morgan fingerprint density at radius 2 is 0.688 bits per heavy atom. The fourth-order valence-electron chi connectivity index (χ4n) is 7.57. The summed E-state index contributed by atoms with van der Waals surface area (Å²) >= 11 is 0. The second-order valence-corrected chi connectivity index (χ2v) is 18.0. The number of esters is 2. The first kappa shape index (κ1) is 56.7. The van der Waals surface area contributed by atoms with Gasteiger partial charge in [-0.15, -0.1) is 0 Å². The van der Waals surface area contributed by atoms with E-state index < -0.39 is 23.9 Å². The van der Waals surface area contributed by atoms with Crippen LogP contribution in [0.25, 0.3) is 33.4 Å². The predicted octanol–water partition coefficient (Wildman–Crippen LogP) is 12.0. The molecule has 2 heterocycles. The van der Waals surface area contributed by atoms with Crippen LogP contribution >= 0.6 is 0 Å². The summed E-state index contributed by atoms with van der Waals surface area (Å²) in [5.41, 5.74) is 13.2. The standard InChI is InChI=1S/C24H24N2O3.C22H20N2O3.C17H16O4/c1-4-29-24(28)22-12-20(19-9-5-16(2)6-10-19)11-21(13-22)23(27)26-15-18-8-7-17(3)25-14-18;1-14-3-7-17(8-4-14)18-9-19(11-20(10-18)22(26)27)21(25)24-13-16-6-5-15(2)23-12-16;1-3-21-17(20)15-9-13(8-14(10-15)16(18)19)12-6-4-11(2)5-7-12/h5-14H,4,15H2,1-3H3,(H,26,27);3-12H,13H2,1-2H3,(H,24,25)(H,26,27);4-10H,3H2,1-2H3,(H,18,19). The van der Waals surface area contributed by atoms with Crippen molar-refractivity contribution in [1.82, 2.24) is 20.6 Å². The molecule has 0 saturated heterocycles. The fourth-order valence-corrected chi connectivity index (χ4v) is 7.57. The monoisotopic (exact) mass is 1030 g/mol. The van der Waals surface area contributed by atoms with Gasteiger partial charge in [-0.3, -0.25) is 19.6 Å². The number of rotatable bonds is 15. The maximum atomic E-state index is 12.8. The molecule has 2 aromatic heterocycles. The van der Waals surface area contributed by atoms with E-state index in [0.717, 1.165) is 61.5 Å². The molecule has 8 aromatic rings. The van der Waals surface area contributed by atoms with Crippen LogP contribution in [0.15, 0.2) is 164 Å². The molecule has 392 valence electrons. The average molecular weight is 1030 g/mol. The smallest absolute Gasteiger partial charge is 0.338 e. The van der Waals surface area contributed by atoms with Gasteiger partial charge in [0.15, 0.2) is 0 Å². The van der Waals surface area contributed by atoms with Crippen molar-refractivity contribution >= 4 is 35.7 Å². The summed E-state index contributed by atoms with van der Waals surface area (Å²) in [5.74, 6) is -3.69. The summed E-state index contributed by atoms with van der Waals surface area (Å²) in [4.78, 5) is 80.6. The zero-order valence-corrected chi connectivity index (χ0v) is 44.0. The number of carboxylic acids is 2. The fraction of sp³-hybridized carbons (Fsp3) is 0.175. The first-order valence-electron chi connectivity index (χ1n) is 24.8. The molecule has 14 nitrogen and oxygen atoms in total. The van der Waals surface area contributed by atoms with Gasteiger partial charge in [-0.2, -0.15) is 0 Å². The highest BCUT2D eigenvalue weighted by atomic mass is 16.5. The molecular formula is C63H60N4O10. The number of carbonyl (C=O) groups is 6. The maximum absolute atomic E-state index is 12.8. The number of hydrogen-bond donors (Lipinski definition) is 4. The van der Waals surface area contributed by atoms with Crippen LogP contribution in [0.4, 0.5) is 0 Å². The third-order valence-electron chi connectivity index (χ3n) is 11.8. The second kappa shape index (κ2) is 27.1. The zero-order valence-electron chi connectivity index (χ0n) is 44.0.